The summed E-state index contributed by atoms with van der Waals surface area (Å²) in [5.74, 6) is 2.03. The third-order valence-corrected chi connectivity index (χ3v) is 5.58. The highest BCUT2D eigenvalue weighted by molar-refractivity contribution is 6.31. The second-order valence-electron chi connectivity index (χ2n) is 7.24. The summed E-state index contributed by atoms with van der Waals surface area (Å²) in [6.45, 7) is 4.46. The summed E-state index contributed by atoms with van der Waals surface area (Å²) < 4.78 is 7.71. The van der Waals surface area contributed by atoms with Gasteiger partial charge in [0.25, 0.3) is 0 Å². The average molecular weight is 401 g/mol. The number of rotatable bonds is 7. The molecule has 0 aliphatic heterocycles. The molecule has 6 heteroatoms. The van der Waals surface area contributed by atoms with E-state index < -0.39 is 0 Å². The van der Waals surface area contributed by atoms with Gasteiger partial charge in [-0.25, -0.2) is 4.98 Å². The van der Waals surface area contributed by atoms with Crippen molar-refractivity contribution in [1.29, 1.82) is 0 Å². The van der Waals surface area contributed by atoms with Gasteiger partial charge in [-0.1, -0.05) is 31.5 Å². The molecule has 0 aliphatic carbocycles. The number of ether oxygens (including phenoxy) is 1. The van der Waals surface area contributed by atoms with E-state index in [-0.39, 0.29) is 0 Å². The van der Waals surface area contributed by atoms with E-state index in [0.717, 1.165) is 46.9 Å². The number of halogens is 1. The molecule has 0 spiro atoms. The minimum absolute atomic E-state index is 0.486. The Kier molecular flexibility index (Phi) is 6.04. The number of nitrogens with one attached hydrogen (secondary N) is 1. The van der Waals surface area contributed by atoms with Gasteiger partial charge in [-0.15, -0.1) is 0 Å². The normalized spacial score (nSPS) is 11.3. The molecule has 0 atom stereocenters. The summed E-state index contributed by atoms with van der Waals surface area (Å²) in [7, 11) is 7.76. The van der Waals surface area contributed by atoms with Gasteiger partial charge in [0.15, 0.2) is 0 Å². The third-order valence-electron chi connectivity index (χ3n) is 5.35. The molecule has 2 aromatic carbocycles. The SMILES string of the molecule is CCC(CC)c1ccc(OC)c2nc(Nc3cc(Cl)ccc3N(C)C)n(C)c12. The summed E-state index contributed by atoms with van der Waals surface area (Å²) in [5.41, 5.74) is 5.26. The lowest BCUT2D eigenvalue weighted by molar-refractivity contribution is 0.418. The van der Waals surface area contributed by atoms with Crippen LogP contribution in [0.4, 0.5) is 17.3 Å². The Morgan fingerprint density at radius 1 is 1.18 bits per heavy atom. The van der Waals surface area contributed by atoms with Crippen molar-refractivity contribution in [1.82, 2.24) is 9.55 Å². The van der Waals surface area contributed by atoms with Crippen LogP contribution < -0.4 is 15.0 Å². The van der Waals surface area contributed by atoms with Crippen molar-refractivity contribution in [3.05, 3.63) is 40.9 Å². The zero-order valence-corrected chi connectivity index (χ0v) is 18.3. The topological polar surface area (TPSA) is 42.3 Å². The zero-order chi connectivity index (χ0) is 20.4. The first-order chi connectivity index (χ1) is 13.4. The molecule has 1 N–H and O–H groups in total. The Balaban J connectivity index is 2.17. The number of benzene rings is 2. The van der Waals surface area contributed by atoms with E-state index >= 15 is 0 Å². The van der Waals surface area contributed by atoms with Crippen LogP contribution in [-0.2, 0) is 7.05 Å². The first-order valence-electron chi connectivity index (χ1n) is 9.68. The van der Waals surface area contributed by atoms with Gasteiger partial charge in [0, 0.05) is 26.2 Å². The molecule has 0 saturated carbocycles. The molecule has 1 heterocycles. The van der Waals surface area contributed by atoms with Crippen molar-refractivity contribution in [2.24, 2.45) is 7.05 Å². The van der Waals surface area contributed by atoms with E-state index in [2.05, 4.69) is 34.7 Å². The molecule has 5 nitrogen and oxygen atoms in total. The quantitative estimate of drug-likeness (QED) is 0.532. The van der Waals surface area contributed by atoms with E-state index in [1.807, 2.05) is 45.4 Å². The fourth-order valence-electron chi connectivity index (χ4n) is 3.78. The molecule has 0 saturated heterocycles. The molecule has 28 heavy (non-hydrogen) atoms. The number of fused-ring (bicyclic) bond motifs is 1. The van der Waals surface area contributed by atoms with Crippen molar-refractivity contribution < 1.29 is 4.74 Å². The molecule has 0 bridgehead atoms. The van der Waals surface area contributed by atoms with Gasteiger partial charge < -0.3 is 19.5 Å². The molecule has 0 amide bonds. The Morgan fingerprint density at radius 2 is 1.89 bits per heavy atom. The van der Waals surface area contributed by atoms with Gasteiger partial charge in [0.05, 0.1) is 24.0 Å². The van der Waals surface area contributed by atoms with Crippen LogP contribution in [0.5, 0.6) is 5.75 Å². The Labute approximate surface area is 172 Å². The summed E-state index contributed by atoms with van der Waals surface area (Å²) in [4.78, 5) is 6.94. The van der Waals surface area contributed by atoms with Gasteiger partial charge in [0.1, 0.15) is 11.3 Å². The molecule has 3 rings (SSSR count). The van der Waals surface area contributed by atoms with E-state index in [1.54, 1.807) is 7.11 Å². The van der Waals surface area contributed by atoms with Crippen LogP contribution in [0.2, 0.25) is 5.02 Å². The predicted molar refractivity (Wildman–Crippen MR) is 120 cm³/mol. The molecule has 0 unspecified atom stereocenters. The second kappa shape index (κ2) is 8.31. The average Bonchev–Trinajstić information content (AvgIpc) is 2.99. The number of methoxy groups -OCH3 is 1. The van der Waals surface area contributed by atoms with Crippen LogP contribution in [-0.4, -0.2) is 30.8 Å². The van der Waals surface area contributed by atoms with Gasteiger partial charge in [-0.3, -0.25) is 0 Å². The van der Waals surface area contributed by atoms with Crippen LogP contribution in [0, 0.1) is 0 Å². The molecular formula is C22H29ClN4O. The third kappa shape index (κ3) is 3.63. The minimum atomic E-state index is 0.486. The van der Waals surface area contributed by atoms with Crippen LogP contribution in [0.15, 0.2) is 30.3 Å². The maximum absolute atomic E-state index is 6.25. The second-order valence-corrected chi connectivity index (χ2v) is 7.68. The van der Waals surface area contributed by atoms with Gasteiger partial charge in [0.2, 0.25) is 5.95 Å². The van der Waals surface area contributed by atoms with Crippen molar-refractivity contribution in [3.63, 3.8) is 0 Å². The highest BCUT2D eigenvalue weighted by Crippen LogP contribution is 2.37. The van der Waals surface area contributed by atoms with Gasteiger partial charge >= 0.3 is 0 Å². The Bertz CT molecular complexity index is 976. The number of imidazole rings is 1. The fourth-order valence-corrected chi connectivity index (χ4v) is 3.95. The summed E-state index contributed by atoms with van der Waals surface area (Å²) >= 11 is 6.25. The number of hydrogen-bond donors (Lipinski definition) is 1. The van der Waals surface area contributed by atoms with Crippen LogP contribution in [0.25, 0.3) is 11.0 Å². The Morgan fingerprint density at radius 3 is 2.50 bits per heavy atom. The predicted octanol–water partition coefficient (Wildman–Crippen LogP) is 5.95. The van der Waals surface area contributed by atoms with Crippen molar-refractivity contribution in [3.8, 4) is 5.75 Å². The number of aromatic nitrogens is 2. The minimum Gasteiger partial charge on any atom is -0.494 e. The standard InChI is InChI=1S/C22H29ClN4O/c1-7-14(8-2)16-10-12-19(28-6)20-21(16)27(5)22(25-20)24-17-13-15(23)9-11-18(17)26(3)4/h9-14H,7-8H2,1-6H3,(H,24,25). The van der Waals surface area contributed by atoms with Crippen LogP contribution >= 0.6 is 11.6 Å². The van der Waals surface area contributed by atoms with Crippen LogP contribution in [0.1, 0.15) is 38.2 Å². The number of anilines is 3. The van der Waals surface area contributed by atoms with Crippen molar-refractivity contribution >= 4 is 40.0 Å². The molecule has 0 fully saturated rings. The molecule has 150 valence electrons. The number of nitrogens with zero attached hydrogens (tertiary/aromatic N) is 3. The van der Waals surface area contributed by atoms with E-state index in [9.17, 15) is 0 Å². The van der Waals surface area contributed by atoms with Crippen molar-refractivity contribution in [2.45, 2.75) is 32.6 Å². The largest absolute Gasteiger partial charge is 0.494 e. The number of aryl methyl sites for hydroxylation is 1. The van der Waals surface area contributed by atoms with E-state index in [1.165, 1.54) is 5.56 Å². The summed E-state index contributed by atoms with van der Waals surface area (Å²) in [6, 6.07) is 10.0. The molecule has 0 radical (unpaired) electrons. The first kappa shape index (κ1) is 20.3. The van der Waals surface area contributed by atoms with Gasteiger partial charge in [-0.05, 0) is 48.6 Å². The van der Waals surface area contributed by atoms with E-state index in [4.69, 9.17) is 21.3 Å². The van der Waals surface area contributed by atoms with Crippen LogP contribution in [0.3, 0.4) is 0 Å². The van der Waals surface area contributed by atoms with Crippen molar-refractivity contribution in [2.75, 3.05) is 31.4 Å². The number of hydrogen-bond acceptors (Lipinski definition) is 4. The monoisotopic (exact) mass is 400 g/mol. The fraction of sp³-hybridized carbons (Fsp3) is 0.409. The van der Waals surface area contributed by atoms with Gasteiger partial charge in [-0.2, -0.15) is 0 Å². The highest BCUT2D eigenvalue weighted by atomic mass is 35.5. The first-order valence-corrected chi connectivity index (χ1v) is 10.1. The lowest BCUT2D eigenvalue weighted by atomic mass is 9.92. The lowest BCUT2D eigenvalue weighted by Gasteiger charge is -2.19. The van der Waals surface area contributed by atoms with E-state index in [0.29, 0.717) is 10.9 Å². The lowest BCUT2D eigenvalue weighted by Crippen LogP contribution is -2.11. The molecule has 1 aromatic heterocycles. The maximum atomic E-state index is 6.25. The highest BCUT2D eigenvalue weighted by Gasteiger charge is 2.20. The summed E-state index contributed by atoms with van der Waals surface area (Å²) in [6.07, 6.45) is 2.18. The Hall–Kier alpha value is -2.40. The summed E-state index contributed by atoms with van der Waals surface area (Å²) in [5, 5.41) is 4.16. The smallest absolute Gasteiger partial charge is 0.208 e. The molecular weight excluding hydrogens is 372 g/mol. The zero-order valence-electron chi connectivity index (χ0n) is 17.5. The molecule has 3 aromatic rings. The maximum Gasteiger partial charge on any atom is 0.208 e. The molecule has 0 aliphatic rings.